The van der Waals surface area contributed by atoms with Crippen molar-refractivity contribution in [3.05, 3.63) is 12.2 Å². The number of aromatic nitrogens is 3. The molecule has 15 heavy (non-hydrogen) atoms. The van der Waals surface area contributed by atoms with Crippen LogP contribution in [-0.4, -0.2) is 38.5 Å². The maximum absolute atomic E-state index is 11.1. The Bertz CT molecular complexity index is 337. The van der Waals surface area contributed by atoms with Gasteiger partial charge in [-0.25, -0.2) is 9.67 Å². The Hall–Kier alpha value is -1.23. The van der Waals surface area contributed by atoms with Gasteiger partial charge in [0.15, 0.2) is 0 Å². The van der Waals surface area contributed by atoms with E-state index in [4.69, 9.17) is 0 Å². The number of ketones is 1. The van der Waals surface area contributed by atoms with Crippen molar-refractivity contribution in [2.75, 3.05) is 13.1 Å². The highest BCUT2D eigenvalue weighted by atomic mass is 16.1. The van der Waals surface area contributed by atoms with E-state index in [9.17, 15) is 4.79 Å². The van der Waals surface area contributed by atoms with Gasteiger partial charge in [0.25, 0.3) is 0 Å². The number of carbonyl (C=O) groups excluding carboxylic acids is 1. The van der Waals surface area contributed by atoms with Crippen molar-refractivity contribution in [1.82, 2.24) is 19.7 Å². The summed E-state index contributed by atoms with van der Waals surface area (Å²) in [7, 11) is 0. The molecular formula is C10H16N4O. The zero-order chi connectivity index (χ0) is 10.7. The van der Waals surface area contributed by atoms with Gasteiger partial charge in [-0.3, -0.25) is 9.69 Å². The van der Waals surface area contributed by atoms with Gasteiger partial charge >= 0.3 is 0 Å². The van der Waals surface area contributed by atoms with E-state index in [0.29, 0.717) is 18.6 Å². The van der Waals surface area contributed by atoms with Crippen LogP contribution in [0.3, 0.4) is 0 Å². The van der Waals surface area contributed by atoms with Crippen LogP contribution in [-0.2, 0) is 17.9 Å². The lowest BCUT2D eigenvalue weighted by Gasteiger charge is -2.25. The van der Waals surface area contributed by atoms with Crippen molar-refractivity contribution in [2.24, 2.45) is 0 Å². The molecule has 1 fully saturated rings. The quantitative estimate of drug-likeness (QED) is 0.724. The van der Waals surface area contributed by atoms with Crippen molar-refractivity contribution in [3.63, 3.8) is 0 Å². The summed E-state index contributed by atoms with van der Waals surface area (Å²) in [4.78, 5) is 17.6. The van der Waals surface area contributed by atoms with Gasteiger partial charge in [-0.15, -0.1) is 0 Å². The van der Waals surface area contributed by atoms with Crippen LogP contribution in [0.2, 0.25) is 0 Å². The molecule has 1 aliphatic heterocycles. The third-order valence-electron chi connectivity index (χ3n) is 2.77. The Morgan fingerprint density at radius 3 is 2.80 bits per heavy atom. The van der Waals surface area contributed by atoms with E-state index in [-0.39, 0.29) is 0 Å². The van der Waals surface area contributed by atoms with Crippen LogP contribution in [0.15, 0.2) is 6.33 Å². The smallest absolute Gasteiger partial charge is 0.140 e. The third kappa shape index (κ3) is 2.41. The molecule has 82 valence electrons. The molecule has 2 heterocycles. The van der Waals surface area contributed by atoms with E-state index in [1.165, 1.54) is 0 Å². The fourth-order valence-corrected chi connectivity index (χ4v) is 1.84. The molecule has 1 aromatic heterocycles. The van der Waals surface area contributed by atoms with E-state index in [1.807, 2.05) is 4.68 Å². The first-order valence-corrected chi connectivity index (χ1v) is 5.40. The number of carbonyl (C=O) groups is 1. The molecule has 0 atom stereocenters. The van der Waals surface area contributed by atoms with Crippen LogP contribution in [0.5, 0.6) is 0 Å². The molecule has 0 spiro atoms. The molecule has 0 aliphatic carbocycles. The molecule has 1 saturated heterocycles. The van der Waals surface area contributed by atoms with E-state index in [1.54, 1.807) is 6.33 Å². The molecule has 0 unspecified atom stereocenters. The van der Waals surface area contributed by atoms with Gasteiger partial charge in [-0.05, 0) is 6.92 Å². The van der Waals surface area contributed by atoms with Crippen LogP contribution in [0.4, 0.5) is 0 Å². The Labute approximate surface area is 89.1 Å². The fourth-order valence-electron chi connectivity index (χ4n) is 1.84. The summed E-state index contributed by atoms with van der Waals surface area (Å²) in [5.74, 6) is 1.37. The fraction of sp³-hybridized carbons (Fsp3) is 0.700. The SMILES string of the molecule is CCn1ncnc1CN1CCC(=O)CC1. The molecule has 0 aromatic carbocycles. The van der Waals surface area contributed by atoms with E-state index in [2.05, 4.69) is 21.9 Å². The summed E-state index contributed by atoms with van der Waals surface area (Å²) in [5.41, 5.74) is 0. The van der Waals surface area contributed by atoms with Gasteiger partial charge in [-0.2, -0.15) is 5.10 Å². The van der Waals surface area contributed by atoms with Gasteiger partial charge in [0, 0.05) is 32.5 Å². The minimum atomic E-state index is 0.378. The summed E-state index contributed by atoms with van der Waals surface area (Å²) in [6, 6.07) is 0. The summed E-state index contributed by atoms with van der Waals surface area (Å²) in [6.45, 7) is 5.42. The topological polar surface area (TPSA) is 51.0 Å². The van der Waals surface area contributed by atoms with Crippen LogP contribution in [0.25, 0.3) is 0 Å². The predicted octanol–water partition coefficient (Wildman–Crippen LogP) is 0.463. The van der Waals surface area contributed by atoms with Crippen LogP contribution >= 0.6 is 0 Å². The first-order valence-electron chi connectivity index (χ1n) is 5.40. The second kappa shape index (κ2) is 4.53. The molecule has 5 heteroatoms. The minimum Gasteiger partial charge on any atom is -0.300 e. The van der Waals surface area contributed by atoms with Crippen molar-refractivity contribution in [3.8, 4) is 0 Å². The van der Waals surface area contributed by atoms with Gasteiger partial charge in [0.1, 0.15) is 17.9 Å². The first kappa shape index (κ1) is 10.3. The predicted molar refractivity (Wildman–Crippen MR) is 55.2 cm³/mol. The van der Waals surface area contributed by atoms with Crippen LogP contribution < -0.4 is 0 Å². The van der Waals surface area contributed by atoms with Crippen molar-refractivity contribution in [1.29, 1.82) is 0 Å². The highest BCUT2D eigenvalue weighted by Crippen LogP contribution is 2.09. The number of aryl methyl sites for hydroxylation is 1. The van der Waals surface area contributed by atoms with Gasteiger partial charge < -0.3 is 0 Å². The summed E-state index contributed by atoms with van der Waals surface area (Å²) in [5, 5.41) is 4.13. The Balaban J connectivity index is 1.94. The van der Waals surface area contributed by atoms with Crippen LogP contribution in [0, 0.1) is 0 Å². The number of piperidine rings is 1. The number of hydrogen-bond acceptors (Lipinski definition) is 4. The average molecular weight is 208 g/mol. The second-order valence-corrected chi connectivity index (χ2v) is 3.81. The van der Waals surface area contributed by atoms with E-state index < -0.39 is 0 Å². The molecule has 5 nitrogen and oxygen atoms in total. The third-order valence-corrected chi connectivity index (χ3v) is 2.77. The molecule has 0 radical (unpaired) electrons. The van der Waals surface area contributed by atoms with Gasteiger partial charge in [0.05, 0.1) is 6.54 Å². The standard InChI is InChI=1S/C10H16N4O/c1-2-14-10(11-8-12-14)7-13-5-3-9(15)4-6-13/h8H,2-7H2,1H3. The molecule has 0 bridgehead atoms. The summed E-state index contributed by atoms with van der Waals surface area (Å²) in [6.07, 6.45) is 2.95. The molecule has 1 aromatic rings. The number of rotatable bonds is 3. The molecule has 0 N–H and O–H groups in total. The Morgan fingerprint density at radius 2 is 2.13 bits per heavy atom. The lowest BCUT2D eigenvalue weighted by atomic mass is 10.1. The second-order valence-electron chi connectivity index (χ2n) is 3.81. The number of nitrogens with zero attached hydrogens (tertiary/aromatic N) is 4. The van der Waals surface area contributed by atoms with E-state index >= 15 is 0 Å². The number of Topliss-reactive ketones (excluding diaryl/α,β-unsaturated/α-hetero) is 1. The number of hydrogen-bond donors (Lipinski definition) is 0. The maximum Gasteiger partial charge on any atom is 0.140 e. The van der Waals surface area contributed by atoms with E-state index in [0.717, 1.165) is 32.0 Å². The zero-order valence-corrected chi connectivity index (χ0v) is 9.02. The van der Waals surface area contributed by atoms with Crippen molar-refractivity contribution >= 4 is 5.78 Å². The lowest BCUT2D eigenvalue weighted by Crippen LogP contribution is -2.34. The molecule has 0 amide bonds. The Kier molecular flexibility index (Phi) is 3.11. The van der Waals surface area contributed by atoms with Crippen LogP contribution in [0.1, 0.15) is 25.6 Å². The van der Waals surface area contributed by atoms with Gasteiger partial charge in [0.2, 0.25) is 0 Å². The summed E-state index contributed by atoms with van der Waals surface area (Å²) < 4.78 is 1.90. The first-order chi connectivity index (χ1) is 7.29. The highest BCUT2D eigenvalue weighted by Gasteiger charge is 2.17. The number of likely N-dealkylation sites (tertiary alicyclic amines) is 1. The molecular weight excluding hydrogens is 192 g/mol. The normalized spacial score (nSPS) is 18.3. The van der Waals surface area contributed by atoms with Crippen molar-refractivity contribution < 1.29 is 4.79 Å². The zero-order valence-electron chi connectivity index (χ0n) is 9.02. The molecule has 0 saturated carbocycles. The largest absolute Gasteiger partial charge is 0.300 e. The maximum atomic E-state index is 11.1. The summed E-state index contributed by atoms with van der Waals surface area (Å²) >= 11 is 0. The van der Waals surface area contributed by atoms with Crippen molar-refractivity contribution in [2.45, 2.75) is 32.9 Å². The Morgan fingerprint density at radius 1 is 1.40 bits per heavy atom. The average Bonchev–Trinajstić information content (AvgIpc) is 2.69. The molecule has 1 aliphatic rings. The molecule has 2 rings (SSSR count). The lowest BCUT2D eigenvalue weighted by molar-refractivity contribution is -0.121. The minimum absolute atomic E-state index is 0.378. The van der Waals surface area contributed by atoms with Gasteiger partial charge in [-0.1, -0.05) is 0 Å². The highest BCUT2D eigenvalue weighted by molar-refractivity contribution is 5.79. The monoisotopic (exact) mass is 208 g/mol.